The molecule has 2 aliphatic rings. The van der Waals surface area contributed by atoms with Crippen molar-refractivity contribution in [1.29, 1.82) is 0 Å². The zero-order valence-corrected chi connectivity index (χ0v) is 55.7. The lowest BCUT2D eigenvalue weighted by atomic mass is 9.81. The third-order valence-electron chi connectivity index (χ3n) is 17.0. The highest BCUT2D eigenvalue weighted by molar-refractivity contribution is 5.95. The Kier molecular flexibility index (Phi) is 35.8. The molecule has 101 heavy (non-hydrogen) atoms. The third kappa shape index (κ3) is 33.1. The monoisotopic (exact) mass is 1430 g/mol. The average molecular weight is 1430 g/mol. The Morgan fingerprint density at radius 2 is 0.792 bits per heavy atom. The van der Waals surface area contributed by atoms with Gasteiger partial charge in [0.15, 0.2) is 0 Å². The quantitative estimate of drug-likeness (QED) is 0.0310. The standard InChI is InChI=1S/C64H92N12O25/c77-49(34-73-23-25-74(35-54(86)87)27-29-76(37-56(90)91)30-28-75(26-24-73)36-55(88)89)67-44(15-19-51(80)81)60(95)69-45(16-20-52(82)83)61(96)68-43(14-18-50(78)79)58(93)66-33-38-8-12-41(13-9-38)57(92)70-48(32-39-10-11-40-5-1-2-6-42(40)31-39)59(94)65-22-4-3-7-46(62(97)98)71-64(101)72-47(63(99)100)17-21-53(84)85/h1-2,5-6,10-11,31,38,41,43-48H,3-4,7-9,12-30,32-37H2,(H,65,94)(H,66,93)(H,67,77)(H,68,96)(H,69,95)(H,70,92)(H,78,79)(H,80,81)(H,82,83)(H,84,85)(H,86,87)(H,88,89)(H,90,91)(H,97,98)(H,99,100)(H2,71,72,101)/t38?,41?,43-,44-,45-,46-,47-,48-/m0/s1. The number of aliphatic carboxylic acids is 9. The van der Waals surface area contributed by atoms with Crippen molar-refractivity contribution in [3.8, 4) is 0 Å². The summed E-state index contributed by atoms with van der Waals surface area (Å²) in [6.45, 7) is -1.51. The molecular weight excluding hydrogens is 1340 g/mol. The molecule has 37 heteroatoms. The molecule has 6 atom stereocenters. The second-order valence-electron chi connectivity index (χ2n) is 24.9. The molecule has 2 aromatic rings. The molecule has 17 N–H and O–H groups in total. The lowest BCUT2D eigenvalue weighted by molar-refractivity contribution is -0.141. The minimum Gasteiger partial charge on any atom is -0.481 e. The van der Waals surface area contributed by atoms with Crippen LogP contribution in [0, 0.1) is 11.8 Å². The van der Waals surface area contributed by atoms with Gasteiger partial charge >= 0.3 is 59.8 Å². The van der Waals surface area contributed by atoms with Crippen LogP contribution < -0.4 is 42.5 Å². The maximum absolute atomic E-state index is 14.1. The van der Waals surface area contributed by atoms with Gasteiger partial charge in [0.1, 0.15) is 36.3 Å². The summed E-state index contributed by atoms with van der Waals surface area (Å²) in [4.78, 5) is 207. The van der Waals surface area contributed by atoms with Gasteiger partial charge in [-0.3, -0.25) is 81.9 Å². The highest BCUT2D eigenvalue weighted by Crippen LogP contribution is 2.29. The number of urea groups is 1. The van der Waals surface area contributed by atoms with Gasteiger partial charge in [-0.05, 0) is 92.9 Å². The first-order chi connectivity index (χ1) is 47.8. The van der Waals surface area contributed by atoms with Crippen LogP contribution in [0.2, 0.25) is 0 Å². The van der Waals surface area contributed by atoms with Crippen molar-refractivity contribution in [2.45, 2.75) is 139 Å². The Morgan fingerprint density at radius 1 is 0.386 bits per heavy atom. The molecule has 1 aliphatic carbocycles. The smallest absolute Gasteiger partial charge is 0.326 e. The van der Waals surface area contributed by atoms with Crippen molar-refractivity contribution in [2.75, 3.05) is 91.6 Å². The number of carbonyl (C=O) groups excluding carboxylic acids is 7. The molecule has 0 unspecified atom stereocenters. The van der Waals surface area contributed by atoms with Crippen LogP contribution in [0.1, 0.15) is 102 Å². The van der Waals surface area contributed by atoms with E-state index in [0.29, 0.717) is 31.2 Å². The highest BCUT2D eigenvalue weighted by Gasteiger charge is 2.35. The van der Waals surface area contributed by atoms with E-state index in [0.717, 1.165) is 10.8 Å². The zero-order chi connectivity index (χ0) is 74.7. The summed E-state index contributed by atoms with van der Waals surface area (Å²) in [5.41, 5.74) is 0.712. The summed E-state index contributed by atoms with van der Waals surface area (Å²) < 4.78 is 0. The second-order valence-corrected chi connectivity index (χ2v) is 24.9. The van der Waals surface area contributed by atoms with Crippen LogP contribution in [0.3, 0.4) is 0 Å². The van der Waals surface area contributed by atoms with Crippen LogP contribution in [-0.2, 0) is 78.3 Å². The molecule has 1 saturated heterocycles. The van der Waals surface area contributed by atoms with E-state index in [2.05, 4.69) is 42.5 Å². The molecule has 0 aromatic heterocycles. The minimum absolute atomic E-state index is 0.00843. The van der Waals surface area contributed by atoms with E-state index in [4.69, 9.17) is 5.11 Å². The van der Waals surface area contributed by atoms with Crippen molar-refractivity contribution in [2.24, 2.45) is 11.8 Å². The fraction of sp³-hybridized carbons (Fsp3) is 0.594. The largest absolute Gasteiger partial charge is 0.481 e. The summed E-state index contributed by atoms with van der Waals surface area (Å²) >= 11 is 0. The summed E-state index contributed by atoms with van der Waals surface area (Å²) in [5.74, 6) is -17.9. The molecule has 8 amide bonds. The van der Waals surface area contributed by atoms with E-state index >= 15 is 0 Å². The van der Waals surface area contributed by atoms with E-state index in [-0.39, 0.29) is 97.0 Å². The highest BCUT2D eigenvalue weighted by atomic mass is 16.4. The number of carbonyl (C=O) groups is 16. The van der Waals surface area contributed by atoms with Gasteiger partial charge in [0.2, 0.25) is 35.4 Å². The van der Waals surface area contributed by atoms with Gasteiger partial charge in [-0.2, -0.15) is 0 Å². The lowest BCUT2D eigenvalue weighted by Crippen LogP contribution is -2.57. The van der Waals surface area contributed by atoms with Crippen LogP contribution >= 0.6 is 0 Å². The van der Waals surface area contributed by atoms with Crippen LogP contribution in [-0.4, -0.2) is 289 Å². The predicted molar refractivity (Wildman–Crippen MR) is 351 cm³/mol. The van der Waals surface area contributed by atoms with Gasteiger partial charge in [0.25, 0.3) is 0 Å². The van der Waals surface area contributed by atoms with Gasteiger partial charge in [0, 0.05) is 103 Å². The minimum atomic E-state index is -1.77. The molecule has 37 nitrogen and oxygen atoms in total. The molecule has 2 fully saturated rings. The maximum Gasteiger partial charge on any atom is 0.326 e. The average Bonchev–Trinajstić information content (AvgIpc) is 0.845. The molecule has 0 radical (unpaired) electrons. The second kappa shape index (κ2) is 43.4. The maximum atomic E-state index is 14.1. The Morgan fingerprint density at radius 3 is 1.24 bits per heavy atom. The van der Waals surface area contributed by atoms with E-state index in [1.807, 2.05) is 42.5 Å². The van der Waals surface area contributed by atoms with Gasteiger partial charge in [-0.25, -0.2) is 14.4 Å². The van der Waals surface area contributed by atoms with Crippen molar-refractivity contribution >= 4 is 106 Å². The van der Waals surface area contributed by atoms with E-state index in [1.54, 1.807) is 0 Å². The third-order valence-corrected chi connectivity index (χ3v) is 17.0. The number of fused-ring (bicyclic) bond motifs is 1. The van der Waals surface area contributed by atoms with Crippen LogP contribution in [0.15, 0.2) is 42.5 Å². The topological polar surface area (TPSA) is 564 Å². The molecular formula is C64H92N12O25. The number of carboxylic acid groups (broad SMARTS) is 9. The first-order valence-electron chi connectivity index (χ1n) is 33.0. The summed E-state index contributed by atoms with van der Waals surface area (Å²) in [5, 5.41) is 107. The molecule has 1 heterocycles. The first-order valence-corrected chi connectivity index (χ1v) is 33.0. The SMILES string of the molecule is O=C(O)CC[C@H](NC(=O)N[C@@H](CCCCNC(=O)[C@H](Cc1ccc2ccccc2c1)NC(=O)C1CCC(CNC(=O)[C@H](CCC(=O)O)NC(=O)[C@H](CCC(=O)O)NC(=O)[C@H](CCC(=O)O)NC(=O)CN2CCN(CC(=O)O)CCN(CC(=O)O)CCN(CC(=O)O)CC2)CC1)C(=O)O)C(=O)O. The molecule has 0 bridgehead atoms. The van der Waals surface area contributed by atoms with Crippen LogP contribution in [0.5, 0.6) is 0 Å². The number of nitrogens with zero attached hydrogens (tertiary/aromatic N) is 4. The number of amides is 8. The van der Waals surface area contributed by atoms with Gasteiger partial charge in [0.05, 0.1) is 26.2 Å². The predicted octanol–water partition coefficient (Wildman–Crippen LogP) is -2.33. The number of hydrogen-bond donors (Lipinski definition) is 17. The summed E-state index contributed by atoms with van der Waals surface area (Å²) in [7, 11) is 0. The first kappa shape index (κ1) is 83.3. The summed E-state index contributed by atoms with van der Waals surface area (Å²) in [6, 6.07) is 2.67. The normalized spacial score (nSPS) is 17.5. The number of carboxylic acids is 9. The number of unbranched alkanes of at least 4 members (excludes halogenated alkanes) is 1. The lowest BCUT2D eigenvalue weighted by Gasteiger charge is -2.33. The molecule has 558 valence electrons. The van der Waals surface area contributed by atoms with Crippen molar-refractivity contribution in [3.63, 3.8) is 0 Å². The van der Waals surface area contributed by atoms with Crippen molar-refractivity contribution in [1.82, 2.24) is 62.1 Å². The number of nitrogens with one attached hydrogen (secondary N) is 8. The van der Waals surface area contributed by atoms with E-state index < -0.39 is 215 Å². The zero-order valence-electron chi connectivity index (χ0n) is 55.7. The fourth-order valence-corrected chi connectivity index (χ4v) is 11.4. The number of rotatable bonds is 42. The van der Waals surface area contributed by atoms with Gasteiger partial charge in [-0.15, -0.1) is 0 Å². The molecule has 1 saturated carbocycles. The van der Waals surface area contributed by atoms with Crippen LogP contribution in [0.25, 0.3) is 10.8 Å². The summed E-state index contributed by atoms with van der Waals surface area (Å²) in [6.07, 6.45) is -3.20. The Bertz CT molecular complexity index is 3210. The Balaban J connectivity index is 1.40. The van der Waals surface area contributed by atoms with Crippen LogP contribution in [0.4, 0.5) is 4.79 Å². The van der Waals surface area contributed by atoms with E-state index in [1.165, 1.54) is 19.6 Å². The number of hydrogen-bond acceptors (Lipinski definition) is 20. The molecule has 4 rings (SSSR count). The van der Waals surface area contributed by atoms with Gasteiger partial charge < -0.3 is 88.5 Å². The Labute approximate surface area is 579 Å². The van der Waals surface area contributed by atoms with Crippen molar-refractivity contribution < 1.29 is 123 Å². The number of benzene rings is 2. The van der Waals surface area contributed by atoms with Crippen molar-refractivity contribution in [3.05, 3.63) is 48.0 Å². The molecule has 2 aromatic carbocycles. The fourth-order valence-electron chi connectivity index (χ4n) is 11.4. The van der Waals surface area contributed by atoms with E-state index in [9.17, 15) is 118 Å². The van der Waals surface area contributed by atoms with Gasteiger partial charge in [-0.1, -0.05) is 42.5 Å². The molecule has 1 aliphatic heterocycles. The molecule has 0 spiro atoms. The Hall–Kier alpha value is -10.1.